The fourth-order valence-electron chi connectivity index (χ4n) is 1.11. The Morgan fingerprint density at radius 2 is 2.33 bits per heavy atom. The van der Waals surface area contributed by atoms with Gasteiger partial charge in [0, 0.05) is 6.21 Å². The molecule has 8 heteroatoms. The van der Waals surface area contributed by atoms with E-state index >= 15 is 0 Å². The molecule has 0 spiro atoms. The van der Waals surface area contributed by atoms with E-state index in [1.165, 1.54) is 0 Å². The van der Waals surface area contributed by atoms with Crippen molar-refractivity contribution in [2.75, 3.05) is 19.8 Å². The average Bonchev–Trinajstić information content (AvgIpc) is 2.14. The molecule has 0 saturated carbocycles. The first-order valence-electron chi connectivity index (χ1n) is 4.02. The lowest BCUT2D eigenvalue weighted by Gasteiger charge is -2.30. The Bertz CT molecular complexity index is 298. The second-order valence-corrected chi connectivity index (χ2v) is 3.60. The summed E-state index contributed by atoms with van der Waals surface area (Å²) in [6.45, 7) is -1.12. The third kappa shape index (κ3) is 3.66. The van der Waals surface area contributed by atoms with E-state index < -0.39 is 18.3 Å². The molecule has 1 heterocycles. The number of rotatable bonds is 2. The molecular formula is C7H8ClF3N4. The summed E-state index contributed by atoms with van der Waals surface area (Å²) in [4.78, 5) is 3.70. The summed E-state index contributed by atoms with van der Waals surface area (Å²) in [5.74, 6) is 0. The van der Waals surface area contributed by atoms with Gasteiger partial charge in [-0.1, -0.05) is 0 Å². The molecule has 4 nitrogen and oxygen atoms in total. The highest BCUT2D eigenvalue weighted by Gasteiger charge is 2.37. The quantitative estimate of drug-likeness (QED) is 0.730. The summed E-state index contributed by atoms with van der Waals surface area (Å²) < 4.78 is 37.0. The highest BCUT2D eigenvalue weighted by Crippen LogP contribution is 2.17. The van der Waals surface area contributed by atoms with E-state index in [1.54, 1.807) is 6.07 Å². The molecule has 0 aliphatic carbocycles. The van der Waals surface area contributed by atoms with Gasteiger partial charge in [0.1, 0.15) is 6.67 Å². The van der Waals surface area contributed by atoms with Crippen LogP contribution in [0.5, 0.6) is 0 Å². The van der Waals surface area contributed by atoms with Crippen LogP contribution in [0.15, 0.2) is 4.99 Å². The van der Waals surface area contributed by atoms with Crippen LogP contribution < -0.4 is 5.32 Å². The molecule has 1 rings (SSSR count). The van der Waals surface area contributed by atoms with E-state index in [4.69, 9.17) is 17.0 Å². The van der Waals surface area contributed by atoms with Crippen LogP contribution in [0.4, 0.5) is 13.2 Å². The number of nitriles is 1. The van der Waals surface area contributed by atoms with Gasteiger partial charge in [0.15, 0.2) is 5.54 Å². The minimum atomic E-state index is -4.37. The molecule has 0 aromatic carbocycles. The SMILES string of the molecule is N#CC1(NCC(F)(F)F)C=NCN(Cl)C1. The number of alkyl halides is 3. The molecular weight excluding hydrogens is 233 g/mol. The molecule has 1 unspecified atom stereocenters. The van der Waals surface area contributed by atoms with Crippen molar-refractivity contribution in [3.8, 4) is 6.07 Å². The first kappa shape index (κ1) is 12.2. The zero-order chi connectivity index (χ0) is 11.5. The molecule has 0 aromatic rings. The lowest BCUT2D eigenvalue weighted by molar-refractivity contribution is -0.126. The Hall–Kier alpha value is -0.840. The third-order valence-corrected chi connectivity index (χ3v) is 2.00. The highest BCUT2D eigenvalue weighted by atomic mass is 35.5. The molecule has 1 atom stereocenters. The van der Waals surface area contributed by atoms with Crippen molar-refractivity contribution in [3.63, 3.8) is 0 Å². The van der Waals surface area contributed by atoms with Gasteiger partial charge in [0.05, 0.1) is 19.2 Å². The molecule has 84 valence electrons. The van der Waals surface area contributed by atoms with Crippen molar-refractivity contribution in [2.24, 2.45) is 4.99 Å². The van der Waals surface area contributed by atoms with Crippen LogP contribution in [0.2, 0.25) is 0 Å². The number of aliphatic imine (C=N–C) groups is 1. The topological polar surface area (TPSA) is 51.4 Å². The Morgan fingerprint density at radius 3 is 2.80 bits per heavy atom. The Kier molecular flexibility index (Phi) is 3.54. The van der Waals surface area contributed by atoms with Crippen molar-refractivity contribution in [2.45, 2.75) is 11.7 Å². The molecule has 0 bridgehead atoms. The first-order chi connectivity index (χ1) is 6.87. The summed E-state index contributed by atoms with van der Waals surface area (Å²) in [6.07, 6.45) is -3.20. The predicted molar refractivity (Wildman–Crippen MR) is 48.3 cm³/mol. The monoisotopic (exact) mass is 240 g/mol. The molecule has 0 saturated heterocycles. The molecule has 0 radical (unpaired) electrons. The average molecular weight is 241 g/mol. The van der Waals surface area contributed by atoms with Gasteiger partial charge in [0.25, 0.3) is 0 Å². The molecule has 0 aromatic heterocycles. The second-order valence-electron chi connectivity index (χ2n) is 3.13. The van der Waals surface area contributed by atoms with Gasteiger partial charge in [-0.15, -0.1) is 0 Å². The van der Waals surface area contributed by atoms with Crippen LogP contribution in [-0.2, 0) is 0 Å². The number of hydrogen-bond acceptors (Lipinski definition) is 4. The second kappa shape index (κ2) is 4.35. The summed E-state index contributed by atoms with van der Waals surface area (Å²) in [5.41, 5.74) is -1.46. The van der Waals surface area contributed by atoms with E-state index in [2.05, 4.69) is 10.3 Å². The molecule has 1 N–H and O–H groups in total. The van der Waals surface area contributed by atoms with Crippen molar-refractivity contribution in [3.05, 3.63) is 0 Å². The number of halogens is 4. The lowest BCUT2D eigenvalue weighted by atomic mass is 10.0. The maximum atomic E-state index is 12.0. The summed E-state index contributed by atoms with van der Waals surface area (Å²) in [5, 5.41) is 10.9. The largest absolute Gasteiger partial charge is 0.401 e. The van der Waals surface area contributed by atoms with Crippen molar-refractivity contribution in [1.29, 1.82) is 5.26 Å². The lowest BCUT2D eigenvalue weighted by Crippen LogP contribution is -2.56. The van der Waals surface area contributed by atoms with Crippen LogP contribution >= 0.6 is 11.8 Å². The standard InChI is InChI=1S/C7H8ClF3N4/c8-15-4-6(1-12,2-13-5-15)14-3-7(9,10)11/h2,14H,3-5H2. The van der Waals surface area contributed by atoms with Crippen LogP contribution in [0.3, 0.4) is 0 Å². The van der Waals surface area contributed by atoms with Crippen molar-refractivity contribution in [1.82, 2.24) is 9.74 Å². The summed E-state index contributed by atoms with van der Waals surface area (Å²) in [7, 11) is 0. The molecule has 0 amide bonds. The van der Waals surface area contributed by atoms with Crippen LogP contribution in [0, 0.1) is 11.3 Å². The Morgan fingerprint density at radius 1 is 1.67 bits per heavy atom. The van der Waals surface area contributed by atoms with Crippen molar-refractivity contribution >= 4 is 18.0 Å². The molecule has 1 aliphatic heterocycles. The number of hydrogen-bond donors (Lipinski definition) is 1. The number of nitrogens with zero attached hydrogens (tertiary/aromatic N) is 3. The minimum absolute atomic E-state index is 0.0371. The van der Waals surface area contributed by atoms with Crippen LogP contribution in [-0.4, -0.2) is 42.1 Å². The van der Waals surface area contributed by atoms with Crippen LogP contribution in [0.1, 0.15) is 0 Å². The fraction of sp³-hybridized carbons (Fsp3) is 0.714. The fourth-order valence-corrected chi connectivity index (χ4v) is 1.36. The van der Waals surface area contributed by atoms with Gasteiger partial charge in [-0.05, 0) is 11.8 Å². The van der Waals surface area contributed by atoms with Crippen LogP contribution in [0.25, 0.3) is 0 Å². The van der Waals surface area contributed by atoms with E-state index in [0.717, 1.165) is 10.6 Å². The highest BCUT2D eigenvalue weighted by molar-refractivity contribution is 6.13. The van der Waals surface area contributed by atoms with Gasteiger partial charge < -0.3 is 0 Å². The zero-order valence-electron chi connectivity index (χ0n) is 7.55. The van der Waals surface area contributed by atoms with Crippen molar-refractivity contribution < 1.29 is 13.2 Å². The maximum absolute atomic E-state index is 12.0. The van der Waals surface area contributed by atoms with Gasteiger partial charge >= 0.3 is 6.18 Å². The van der Waals surface area contributed by atoms with E-state index in [9.17, 15) is 13.2 Å². The zero-order valence-corrected chi connectivity index (χ0v) is 8.31. The van der Waals surface area contributed by atoms with Gasteiger partial charge in [-0.2, -0.15) is 22.9 Å². The van der Waals surface area contributed by atoms with Gasteiger partial charge in [-0.3, -0.25) is 10.3 Å². The number of nitrogens with one attached hydrogen (secondary N) is 1. The van der Waals surface area contributed by atoms with E-state index in [0.29, 0.717) is 0 Å². The maximum Gasteiger partial charge on any atom is 0.401 e. The normalized spacial score (nSPS) is 27.7. The molecule has 0 fully saturated rings. The first-order valence-corrected chi connectivity index (χ1v) is 4.35. The predicted octanol–water partition coefficient (Wildman–Crippen LogP) is 0.898. The smallest absolute Gasteiger partial charge is 0.285 e. The van der Waals surface area contributed by atoms with E-state index in [-0.39, 0.29) is 13.2 Å². The minimum Gasteiger partial charge on any atom is -0.285 e. The summed E-state index contributed by atoms with van der Waals surface area (Å²) >= 11 is 5.58. The summed E-state index contributed by atoms with van der Waals surface area (Å²) in [6, 6.07) is 1.73. The molecule has 15 heavy (non-hydrogen) atoms. The Labute approximate surface area is 89.4 Å². The third-order valence-electron chi connectivity index (χ3n) is 1.77. The van der Waals surface area contributed by atoms with E-state index in [1.807, 2.05) is 0 Å². The molecule has 1 aliphatic rings. The van der Waals surface area contributed by atoms with Gasteiger partial charge in [-0.25, -0.2) is 0 Å². The Balaban J connectivity index is 2.66. The van der Waals surface area contributed by atoms with Gasteiger partial charge in [0.2, 0.25) is 0 Å².